The number of hydrogen-bond donors (Lipinski definition) is 2. The number of rotatable bonds is 3. The third kappa shape index (κ3) is 2.58. The molecule has 1 atom stereocenters. The Morgan fingerprint density at radius 2 is 2.06 bits per heavy atom. The maximum atomic E-state index is 12.2. The Labute approximate surface area is 108 Å². The van der Waals surface area contributed by atoms with Gasteiger partial charge in [-0.05, 0) is 38.3 Å². The molecule has 1 unspecified atom stereocenters. The minimum atomic E-state index is -0.229. The second-order valence-corrected chi connectivity index (χ2v) is 4.93. The number of carbonyl (C=O) groups is 1. The molecule has 1 aliphatic heterocycles. The van der Waals surface area contributed by atoms with Gasteiger partial charge >= 0.3 is 0 Å². The number of anilines is 2. The summed E-state index contributed by atoms with van der Waals surface area (Å²) in [5.74, 6) is 0.161. The van der Waals surface area contributed by atoms with Gasteiger partial charge < -0.3 is 16.0 Å². The number of aryl methyl sites for hydroxylation is 1. The lowest BCUT2D eigenvalue weighted by Gasteiger charge is -2.22. The Hall–Kier alpha value is -1.71. The molecule has 0 spiro atoms. The second kappa shape index (κ2) is 5.29. The molecule has 0 aliphatic carbocycles. The average Bonchev–Trinajstić information content (AvgIpc) is 2.87. The molecule has 1 aromatic rings. The lowest BCUT2D eigenvalue weighted by Crippen LogP contribution is -2.39. The SMILES string of the molecule is Cc1cccc(NC(C)C(=O)N2CCCC2)c1N. The molecule has 3 N–H and O–H groups in total. The number of hydrogen-bond acceptors (Lipinski definition) is 3. The summed E-state index contributed by atoms with van der Waals surface area (Å²) in [5, 5.41) is 3.21. The van der Waals surface area contributed by atoms with E-state index in [9.17, 15) is 4.79 Å². The summed E-state index contributed by atoms with van der Waals surface area (Å²) in [6.45, 7) is 5.62. The zero-order chi connectivity index (χ0) is 13.1. The number of likely N-dealkylation sites (tertiary alicyclic amines) is 1. The van der Waals surface area contributed by atoms with Crippen LogP contribution in [0.5, 0.6) is 0 Å². The number of carbonyl (C=O) groups excluding carboxylic acids is 1. The normalized spacial score (nSPS) is 16.7. The van der Waals surface area contributed by atoms with Crippen LogP contribution in [0.3, 0.4) is 0 Å². The van der Waals surface area contributed by atoms with Crippen molar-refractivity contribution in [1.82, 2.24) is 4.90 Å². The zero-order valence-electron chi connectivity index (χ0n) is 11.1. The molecule has 0 saturated carbocycles. The predicted octanol–water partition coefficient (Wildman–Crippen LogP) is 2.00. The van der Waals surface area contributed by atoms with Crippen molar-refractivity contribution in [3.8, 4) is 0 Å². The summed E-state index contributed by atoms with van der Waals surface area (Å²) in [4.78, 5) is 14.1. The fourth-order valence-corrected chi connectivity index (χ4v) is 2.31. The van der Waals surface area contributed by atoms with Crippen LogP contribution in [-0.4, -0.2) is 29.9 Å². The highest BCUT2D eigenvalue weighted by atomic mass is 16.2. The summed E-state index contributed by atoms with van der Waals surface area (Å²) in [6.07, 6.45) is 2.23. The van der Waals surface area contributed by atoms with Gasteiger partial charge in [-0.1, -0.05) is 12.1 Å². The number of para-hydroxylation sites is 1. The summed E-state index contributed by atoms with van der Waals surface area (Å²) in [7, 11) is 0. The van der Waals surface area contributed by atoms with Crippen molar-refractivity contribution < 1.29 is 4.79 Å². The highest BCUT2D eigenvalue weighted by molar-refractivity contribution is 5.86. The molecule has 1 heterocycles. The van der Waals surface area contributed by atoms with Gasteiger partial charge in [-0.15, -0.1) is 0 Å². The quantitative estimate of drug-likeness (QED) is 0.803. The Bertz CT molecular complexity index is 439. The smallest absolute Gasteiger partial charge is 0.244 e. The average molecular weight is 247 g/mol. The van der Waals surface area contributed by atoms with Crippen LogP contribution < -0.4 is 11.1 Å². The molecule has 1 saturated heterocycles. The van der Waals surface area contributed by atoms with Gasteiger partial charge in [0.15, 0.2) is 0 Å². The number of nitrogens with two attached hydrogens (primary N) is 1. The number of amides is 1. The van der Waals surface area contributed by atoms with E-state index < -0.39 is 0 Å². The first-order valence-electron chi connectivity index (χ1n) is 6.50. The summed E-state index contributed by atoms with van der Waals surface area (Å²) < 4.78 is 0. The van der Waals surface area contributed by atoms with Gasteiger partial charge in [0, 0.05) is 13.1 Å². The van der Waals surface area contributed by atoms with Crippen LogP contribution in [0.25, 0.3) is 0 Å². The zero-order valence-corrected chi connectivity index (χ0v) is 11.1. The molecule has 0 bridgehead atoms. The van der Waals surface area contributed by atoms with Crippen LogP contribution in [0.4, 0.5) is 11.4 Å². The maximum absolute atomic E-state index is 12.2. The van der Waals surface area contributed by atoms with Crippen LogP contribution >= 0.6 is 0 Å². The van der Waals surface area contributed by atoms with Crippen molar-refractivity contribution in [3.05, 3.63) is 23.8 Å². The summed E-state index contributed by atoms with van der Waals surface area (Å²) in [5.41, 5.74) is 8.59. The topological polar surface area (TPSA) is 58.4 Å². The fourth-order valence-electron chi connectivity index (χ4n) is 2.31. The van der Waals surface area contributed by atoms with E-state index in [2.05, 4.69) is 5.32 Å². The molecule has 98 valence electrons. The highest BCUT2D eigenvalue weighted by Crippen LogP contribution is 2.23. The standard InChI is InChI=1S/C14H21N3O/c1-10-6-5-7-12(13(10)15)16-11(2)14(18)17-8-3-4-9-17/h5-7,11,16H,3-4,8-9,15H2,1-2H3. The molecular formula is C14H21N3O. The number of benzene rings is 1. The minimum Gasteiger partial charge on any atom is -0.397 e. The largest absolute Gasteiger partial charge is 0.397 e. The van der Waals surface area contributed by atoms with Crippen LogP contribution in [0.15, 0.2) is 18.2 Å². The Morgan fingerprint density at radius 3 is 2.72 bits per heavy atom. The molecule has 1 aromatic carbocycles. The van der Waals surface area contributed by atoms with E-state index in [1.54, 1.807) is 0 Å². The molecule has 0 radical (unpaired) electrons. The lowest BCUT2D eigenvalue weighted by atomic mass is 10.1. The van der Waals surface area contributed by atoms with E-state index in [0.29, 0.717) is 0 Å². The van der Waals surface area contributed by atoms with Gasteiger partial charge in [0.25, 0.3) is 0 Å². The van der Waals surface area contributed by atoms with E-state index in [1.165, 1.54) is 0 Å². The monoisotopic (exact) mass is 247 g/mol. The Balaban J connectivity index is 2.04. The number of nitrogens with zero attached hydrogens (tertiary/aromatic N) is 1. The second-order valence-electron chi connectivity index (χ2n) is 4.93. The van der Waals surface area contributed by atoms with E-state index in [4.69, 9.17) is 5.73 Å². The van der Waals surface area contributed by atoms with Gasteiger partial charge in [0.05, 0.1) is 11.4 Å². The summed E-state index contributed by atoms with van der Waals surface area (Å²) >= 11 is 0. The van der Waals surface area contributed by atoms with E-state index in [-0.39, 0.29) is 11.9 Å². The number of nitrogens with one attached hydrogen (secondary N) is 1. The first-order chi connectivity index (χ1) is 8.59. The van der Waals surface area contributed by atoms with Crippen LogP contribution in [0.2, 0.25) is 0 Å². The van der Waals surface area contributed by atoms with Crippen molar-refractivity contribution in [3.63, 3.8) is 0 Å². The Morgan fingerprint density at radius 1 is 1.39 bits per heavy atom. The van der Waals surface area contributed by atoms with E-state index in [0.717, 1.165) is 42.9 Å². The lowest BCUT2D eigenvalue weighted by molar-refractivity contribution is -0.130. The molecule has 4 nitrogen and oxygen atoms in total. The molecule has 18 heavy (non-hydrogen) atoms. The first kappa shape index (κ1) is 12.7. The van der Waals surface area contributed by atoms with Gasteiger partial charge in [0.1, 0.15) is 6.04 Å². The van der Waals surface area contributed by atoms with Crippen molar-refractivity contribution in [1.29, 1.82) is 0 Å². The third-order valence-electron chi connectivity index (χ3n) is 3.48. The molecule has 2 rings (SSSR count). The van der Waals surface area contributed by atoms with E-state index in [1.807, 2.05) is 36.9 Å². The van der Waals surface area contributed by atoms with Gasteiger partial charge in [0.2, 0.25) is 5.91 Å². The van der Waals surface area contributed by atoms with Crippen LogP contribution in [0, 0.1) is 6.92 Å². The van der Waals surface area contributed by atoms with Gasteiger partial charge in [-0.3, -0.25) is 4.79 Å². The van der Waals surface area contributed by atoms with Crippen molar-refractivity contribution in [2.24, 2.45) is 0 Å². The molecule has 1 fully saturated rings. The molecule has 4 heteroatoms. The maximum Gasteiger partial charge on any atom is 0.244 e. The minimum absolute atomic E-state index is 0.161. The van der Waals surface area contributed by atoms with Crippen LogP contribution in [0.1, 0.15) is 25.3 Å². The Kier molecular flexibility index (Phi) is 3.75. The molecule has 0 aromatic heterocycles. The molecule has 1 aliphatic rings. The predicted molar refractivity (Wildman–Crippen MR) is 74.5 cm³/mol. The molecule has 1 amide bonds. The first-order valence-corrected chi connectivity index (χ1v) is 6.50. The van der Waals surface area contributed by atoms with Gasteiger partial charge in [-0.25, -0.2) is 0 Å². The highest BCUT2D eigenvalue weighted by Gasteiger charge is 2.23. The van der Waals surface area contributed by atoms with Gasteiger partial charge in [-0.2, -0.15) is 0 Å². The third-order valence-corrected chi connectivity index (χ3v) is 3.48. The fraction of sp³-hybridized carbons (Fsp3) is 0.500. The van der Waals surface area contributed by atoms with Crippen LogP contribution in [-0.2, 0) is 4.79 Å². The van der Waals surface area contributed by atoms with Crippen molar-refractivity contribution in [2.45, 2.75) is 32.7 Å². The van der Waals surface area contributed by atoms with E-state index >= 15 is 0 Å². The molecular weight excluding hydrogens is 226 g/mol. The number of nitrogen functional groups attached to an aromatic ring is 1. The van der Waals surface area contributed by atoms with Crippen molar-refractivity contribution >= 4 is 17.3 Å². The van der Waals surface area contributed by atoms with Crippen molar-refractivity contribution in [2.75, 3.05) is 24.1 Å². The summed E-state index contributed by atoms with van der Waals surface area (Å²) in [6, 6.07) is 5.59.